The molecule has 1 aromatic rings. The summed E-state index contributed by atoms with van der Waals surface area (Å²) in [7, 11) is 1.60. The molecule has 2 aliphatic heterocycles. The summed E-state index contributed by atoms with van der Waals surface area (Å²) in [5.41, 5.74) is 0.964. The number of hydrogen-bond donors (Lipinski definition) is 1. The first-order chi connectivity index (χ1) is 12.6. The Morgan fingerprint density at radius 1 is 1.38 bits per heavy atom. The van der Waals surface area contributed by atoms with Crippen molar-refractivity contribution in [3.8, 4) is 11.5 Å². The number of aliphatic carboxylic acids is 1. The molecule has 2 unspecified atom stereocenters. The molecule has 2 aliphatic rings. The van der Waals surface area contributed by atoms with Crippen LogP contribution in [0.25, 0.3) is 0 Å². The van der Waals surface area contributed by atoms with Crippen LogP contribution in [-0.2, 0) is 20.7 Å². The van der Waals surface area contributed by atoms with Gasteiger partial charge in [-0.2, -0.15) is 0 Å². The van der Waals surface area contributed by atoms with Crippen molar-refractivity contribution in [2.75, 3.05) is 33.4 Å². The molecule has 1 amide bonds. The third-order valence-corrected chi connectivity index (χ3v) is 4.89. The zero-order valence-corrected chi connectivity index (χ0v) is 15.0. The van der Waals surface area contributed by atoms with Crippen molar-refractivity contribution >= 4 is 11.9 Å². The summed E-state index contributed by atoms with van der Waals surface area (Å²) in [5, 5.41) is 8.99. The molecule has 7 nitrogen and oxygen atoms in total. The Hall–Kier alpha value is -2.28. The van der Waals surface area contributed by atoms with Crippen LogP contribution < -0.4 is 9.47 Å². The molecule has 0 aromatic heterocycles. The molecule has 0 spiro atoms. The van der Waals surface area contributed by atoms with E-state index in [1.54, 1.807) is 12.0 Å². The predicted octanol–water partition coefficient (Wildman–Crippen LogP) is 1.73. The van der Waals surface area contributed by atoms with Crippen LogP contribution >= 0.6 is 0 Å². The molecule has 1 fully saturated rings. The van der Waals surface area contributed by atoms with E-state index >= 15 is 0 Å². The van der Waals surface area contributed by atoms with Crippen molar-refractivity contribution in [2.24, 2.45) is 5.92 Å². The van der Waals surface area contributed by atoms with E-state index < -0.39 is 5.97 Å². The van der Waals surface area contributed by atoms with Gasteiger partial charge in [-0.1, -0.05) is 6.07 Å². The first-order valence-corrected chi connectivity index (χ1v) is 8.98. The van der Waals surface area contributed by atoms with E-state index in [-0.39, 0.29) is 37.5 Å². The van der Waals surface area contributed by atoms with E-state index in [9.17, 15) is 9.59 Å². The fourth-order valence-electron chi connectivity index (χ4n) is 3.45. The number of hydrogen-bond acceptors (Lipinski definition) is 5. The topological polar surface area (TPSA) is 85.3 Å². The maximum Gasteiger partial charge on any atom is 0.305 e. The quantitative estimate of drug-likeness (QED) is 0.794. The smallest absolute Gasteiger partial charge is 0.305 e. The summed E-state index contributed by atoms with van der Waals surface area (Å²) < 4.78 is 16.6. The summed E-state index contributed by atoms with van der Waals surface area (Å²) in [5.74, 6) is 0.168. The molecule has 0 aliphatic carbocycles. The van der Waals surface area contributed by atoms with Gasteiger partial charge in [0.25, 0.3) is 0 Å². The SMILES string of the molecule is COc1ccc2c(c1)OCC(C(=O)N(CCC(=O)O)CC1CCCO1)C2. The average Bonchev–Trinajstić information content (AvgIpc) is 3.16. The second-order valence-electron chi connectivity index (χ2n) is 6.75. The van der Waals surface area contributed by atoms with Gasteiger partial charge in [-0.3, -0.25) is 9.59 Å². The Kier molecular flexibility index (Phi) is 5.98. The molecule has 0 bridgehead atoms. The third kappa shape index (κ3) is 4.46. The molecule has 2 heterocycles. The molecule has 7 heteroatoms. The Balaban J connectivity index is 1.67. The summed E-state index contributed by atoms with van der Waals surface area (Å²) in [6.07, 6.45) is 2.38. The first-order valence-electron chi connectivity index (χ1n) is 8.98. The van der Waals surface area contributed by atoms with Crippen LogP contribution in [-0.4, -0.2) is 61.4 Å². The molecule has 26 heavy (non-hydrogen) atoms. The molecular weight excluding hydrogens is 338 g/mol. The lowest BCUT2D eigenvalue weighted by Crippen LogP contribution is -2.45. The van der Waals surface area contributed by atoms with E-state index in [0.29, 0.717) is 19.6 Å². The van der Waals surface area contributed by atoms with Crippen molar-refractivity contribution in [2.45, 2.75) is 31.8 Å². The van der Waals surface area contributed by atoms with Crippen molar-refractivity contribution in [1.82, 2.24) is 4.90 Å². The summed E-state index contributed by atoms with van der Waals surface area (Å²) in [6.45, 7) is 1.62. The Morgan fingerprint density at radius 2 is 2.23 bits per heavy atom. The molecule has 2 atom stereocenters. The van der Waals surface area contributed by atoms with Gasteiger partial charge in [-0.05, 0) is 30.9 Å². The largest absolute Gasteiger partial charge is 0.497 e. The maximum absolute atomic E-state index is 13.0. The minimum Gasteiger partial charge on any atom is -0.497 e. The summed E-state index contributed by atoms with van der Waals surface area (Å²) >= 11 is 0. The zero-order chi connectivity index (χ0) is 18.5. The third-order valence-electron chi connectivity index (χ3n) is 4.89. The number of carbonyl (C=O) groups is 2. The van der Waals surface area contributed by atoms with E-state index in [4.69, 9.17) is 19.3 Å². The fourth-order valence-corrected chi connectivity index (χ4v) is 3.45. The van der Waals surface area contributed by atoms with Gasteiger partial charge in [0.2, 0.25) is 5.91 Å². The van der Waals surface area contributed by atoms with Gasteiger partial charge in [-0.15, -0.1) is 0 Å². The molecule has 1 aromatic carbocycles. The lowest BCUT2D eigenvalue weighted by molar-refractivity contribution is -0.141. The zero-order valence-electron chi connectivity index (χ0n) is 15.0. The second-order valence-corrected chi connectivity index (χ2v) is 6.75. The molecule has 0 radical (unpaired) electrons. The van der Waals surface area contributed by atoms with Crippen LogP contribution in [0, 0.1) is 5.92 Å². The molecule has 3 rings (SSSR count). The van der Waals surface area contributed by atoms with E-state index in [2.05, 4.69) is 0 Å². The number of fused-ring (bicyclic) bond motifs is 1. The number of benzene rings is 1. The van der Waals surface area contributed by atoms with Gasteiger partial charge in [0.15, 0.2) is 0 Å². The van der Waals surface area contributed by atoms with Gasteiger partial charge < -0.3 is 24.2 Å². The molecule has 1 saturated heterocycles. The van der Waals surface area contributed by atoms with Crippen molar-refractivity contribution in [3.63, 3.8) is 0 Å². The highest BCUT2D eigenvalue weighted by atomic mass is 16.5. The fraction of sp³-hybridized carbons (Fsp3) is 0.579. The van der Waals surface area contributed by atoms with Crippen LogP contribution in [0.4, 0.5) is 0 Å². The van der Waals surface area contributed by atoms with Gasteiger partial charge in [-0.25, -0.2) is 0 Å². The number of ether oxygens (including phenoxy) is 3. The minimum atomic E-state index is -0.910. The van der Waals surface area contributed by atoms with Crippen molar-refractivity contribution < 1.29 is 28.9 Å². The van der Waals surface area contributed by atoms with Gasteiger partial charge >= 0.3 is 5.97 Å². The second kappa shape index (κ2) is 8.40. The van der Waals surface area contributed by atoms with Crippen LogP contribution in [0.3, 0.4) is 0 Å². The molecular formula is C19H25NO6. The Bertz CT molecular complexity index is 655. The number of carboxylic acids is 1. The number of carboxylic acid groups (broad SMARTS) is 1. The number of amides is 1. The Morgan fingerprint density at radius 3 is 2.92 bits per heavy atom. The lowest BCUT2D eigenvalue weighted by Gasteiger charge is -2.31. The molecule has 0 saturated carbocycles. The van der Waals surface area contributed by atoms with Crippen LogP contribution in [0.2, 0.25) is 0 Å². The normalized spacial score (nSPS) is 21.6. The van der Waals surface area contributed by atoms with Crippen molar-refractivity contribution in [3.05, 3.63) is 23.8 Å². The van der Waals surface area contributed by atoms with Gasteiger partial charge in [0, 0.05) is 25.8 Å². The number of nitrogens with zero attached hydrogens (tertiary/aromatic N) is 1. The highest BCUT2D eigenvalue weighted by molar-refractivity contribution is 5.80. The highest BCUT2D eigenvalue weighted by Gasteiger charge is 2.32. The van der Waals surface area contributed by atoms with E-state index in [0.717, 1.165) is 29.9 Å². The molecule has 1 N–H and O–H groups in total. The van der Waals surface area contributed by atoms with Gasteiger partial charge in [0.1, 0.15) is 18.1 Å². The van der Waals surface area contributed by atoms with Crippen LogP contribution in [0.1, 0.15) is 24.8 Å². The van der Waals surface area contributed by atoms with E-state index in [1.165, 1.54) is 0 Å². The lowest BCUT2D eigenvalue weighted by atomic mass is 9.95. The predicted molar refractivity (Wildman–Crippen MR) is 93.5 cm³/mol. The first kappa shape index (κ1) is 18.5. The Labute approximate surface area is 152 Å². The van der Waals surface area contributed by atoms with Crippen LogP contribution in [0.15, 0.2) is 18.2 Å². The van der Waals surface area contributed by atoms with Crippen molar-refractivity contribution in [1.29, 1.82) is 0 Å². The average molecular weight is 363 g/mol. The van der Waals surface area contributed by atoms with Crippen LogP contribution in [0.5, 0.6) is 11.5 Å². The monoisotopic (exact) mass is 363 g/mol. The summed E-state index contributed by atoms with van der Waals surface area (Å²) in [6, 6.07) is 5.59. The number of methoxy groups -OCH3 is 1. The summed E-state index contributed by atoms with van der Waals surface area (Å²) in [4.78, 5) is 25.6. The molecule has 142 valence electrons. The number of carbonyl (C=O) groups excluding carboxylic acids is 1. The standard InChI is InChI=1S/C19H25NO6/c1-24-15-5-4-13-9-14(12-26-17(13)10-15)19(23)20(7-6-18(21)22)11-16-3-2-8-25-16/h4-5,10,14,16H,2-3,6-9,11-12H2,1H3,(H,21,22). The maximum atomic E-state index is 13.0. The minimum absolute atomic E-state index is 0.00574. The number of rotatable bonds is 7. The van der Waals surface area contributed by atoms with Gasteiger partial charge in [0.05, 0.1) is 25.6 Å². The van der Waals surface area contributed by atoms with E-state index in [1.807, 2.05) is 18.2 Å². The highest BCUT2D eigenvalue weighted by Crippen LogP contribution is 2.31.